The summed E-state index contributed by atoms with van der Waals surface area (Å²) in [5.41, 5.74) is 0. The Hall–Kier alpha value is -0.280. The number of fused-ring (bicyclic) bond motifs is 1. The van der Waals surface area contributed by atoms with Crippen LogP contribution in [-0.4, -0.2) is 22.7 Å². The summed E-state index contributed by atoms with van der Waals surface area (Å²) in [7, 11) is 0. The molecule has 1 aliphatic carbocycles. The van der Waals surface area contributed by atoms with E-state index in [-0.39, 0.29) is 0 Å². The minimum absolute atomic E-state index is 0.444. The molecule has 2 rings (SSSR count). The van der Waals surface area contributed by atoms with Crippen LogP contribution in [0.3, 0.4) is 0 Å². The number of esters is 2. The standard InChI is InChI=1S/C6H4Cl2O3/c7-3-1-2(4(3)8)6(10)11-5(1)9/h1-4H/t1-,2+,3-,4-/m0/s1. The number of hydrogen-bond acceptors (Lipinski definition) is 3. The summed E-state index contributed by atoms with van der Waals surface area (Å²) < 4.78 is 4.34. The molecule has 0 radical (unpaired) electrons. The lowest BCUT2D eigenvalue weighted by Crippen LogP contribution is -2.51. The first-order chi connectivity index (χ1) is 5.13. The molecule has 0 spiro atoms. The molecule has 60 valence electrons. The van der Waals surface area contributed by atoms with Gasteiger partial charge in [0.1, 0.15) is 0 Å². The predicted molar refractivity (Wildman–Crippen MR) is 37.4 cm³/mol. The van der Waals surface area contributed by atoms with Crippen molar-refractivity contribution in [3.05, 3.63) is 0 Å². The third-order valence-corrected chi connectivity index (χ3v) is 3.34. The molecular formula is C6H4Cl2O3. The molecule has 1 heterocycles. The van der Waals surface area contributed by atoms with E-state index in [9.17, 15) is 9.59 Å². The molecule has 3 nitrogen and oxygen atoms in total. The van der Waals surface area contributed by atoms with Crippen LogP contribution in [0.15, 0.2) is 0 Å². The fourth-order valence-corrected chi connectivity index (χ4v) is 2.27. The molecule has 0 amide bonds. The van der Waals surface area contributed by atoms with Crippen LogP contribution in [0.1, 0.15) is 0 Å². The summed E-state index contributed by atoms with van der Waals surface area (Å²) in [6.45, 7) is 0. The second-order valence-electron chi connectivity index (χ2n) is 2.68. The number of carbonyl (C=O) groups is 2. The van der Waals surface area contributed by atoms with Gasteiger partial charge < -0.3 is 4.74 Å². The topological polar surface area (TPSA) is 43.4 Å². The fraction of sp³-hybridized carbons (Fsp3) is 0.667. The Morgan fingerprint density at radius 2 is 1.36 bits per heavy atom. The van der Waals surface area contributed by atoms with E-state index in [2.05, 4.69) is 4.74 Å². The van der Waals surface area contributed by atoms with E-state index in [1.54, 1.807) is 0 Å². The monoisotopic (exact) mass is 194 g/mol. The van der Waals surface area contributed by atoms with Crippen molar-refractivity contribution in [1.82, 2.24) is 0 Å². The first-order valence-electron chi connectivity index (χ1n) is 3.16. The van der Waals surface area contributed by atoms with Crippen LogP contribution in [0.25, 0.3) is 0 Å². The largest absolute Gasteiger partial charge is 0.393 e. The van der Waals surface area contributed by atoms with Gasteiger partial charge in [-0.1, -0.05) is 0 Å². The Bertz CT molecular complexity index is 216. The summed E-state index contributed by atoms with van der Waals surface area (Å²) >= 11 is 11.4. The van der Waals surface area contributed by atoms with Gasteiger partial charge in [0.15, 0.2) is 0 Å². The summed E-state index contributed by atoms with van der Waals surface area (Å²) in [6, 6.07) is 0. The Kier molecular flexibility index (Phi) is 1.41. The van der Waals surface area contributed by atoms with Gasteiger partial charge in [0.05, 0.1) is 22.6 Å². The lowest BCUT2D eigenvalue weighted by Gasteiger charge is -2.35. The molecular weight excluding hydrogens is 191 g/mol. The normalized spacial score (nSPS) is 48.2. The Morgan fingerprint density at radius 1 is 1.00 bits per heavy atom. The number of alkyl halides is 2. The van der Waals surface area contributed by atoms with Crippen LogP contribution in [0, 0.1) is 11.8 Å². The number of hydrogen-bond donors (Lipinski definition) is 0. The average molecular weight is 195 g/mol. The van der Waals surface area contributed by atoms with Crippen molar-refractivity contribution in [2.45, 2.75) is 10.8 Å². The van der Waals surface area contributed by atoms with Gasteiger partial charge in [0, 0.05) is 0 Å². The van der Waals surface area contributed by atoms with E-state index in [1.807, 2.05) is 0 Å². The first-order valence-corrected chi connectivity index (χ1v) is 4.04. The maximum Gasteiger partial charge on any atom is 0.319 e. The van der Waals surface area contributed by atoms with E-state index >= 15 is 0 Å². The zero-order chi connectivity index (χ0) is 8.17. The van der Waals surface area contributed by atoms with Crippen LogP contribution < -0.4 is 0 Å². The highest BCUT2D eigenvalue weighted by Crippen LogP contribution is 2.47. The maximum absolute atomic E-state index is 10.8. The highest BCUT2D eigenvalue weighted by molar-refractivity contribution is 6.35. The number of halogens is 2. The molecule has 0 N–H and O–H groups in total. The molecule has 0 bridgehead atoms. The van der Waals surface area contributed by atoms with Crippen molar-refractivity contribution in [3.63, 3.8) is 0 Å². The summed E-state index contributed by atoms with van der Waals surface area (Å²) in [6.07, 6.45) is 0. The molecule has 1 aliphatic heterocycles. The van der Waals surface area contributed by atoms with Gasteiger partial charge >= 0.3 is 11.9 Å². The van der Waals surface area contributed by atoms with Gasteiger partial charge in [-0.2, -0.15) is 0 Å². The van der Waals surface area contributed by atoms with Gasteiger partial charge in [-0.05, 0) is 0 Å². The van der Waals surface area contributed by atoms with E-state index in [0.717, 1.165) is 0 Å². The molecule has 1 saturated carbocycles. The number of carbonyl (C=O) groups excluding carboxylic acids is 2. The Balaban J connectivity index is 2.26. The molecule has 11 heavy (non-hydrogen) atoms. The summed E-state index contributed by atoms with van der Waals surface area (Å²) in [5, 5.41) is -0.888. The van der Waals surface area contributed by atoms with Crippen molar-refractivity contribution in [2.75, 3.05) is 0 Å². The second kappa shape index (κ2) is 2.11. The van der Waals surface area contributed by atoms with Gasteiger partial charge in [-0.3, -0.25) is 9.59 Å². The van der Waals surface area contributed by atoms with Crippen LogP contribution >= 0.6 is 23.2 Å². The third-order valence-electron chi connectivity index (χ3n) is 2.12. The number of cyclic esters (lactones) is 2. The van der Waals surface area contributed by atoms with Crippen molar-refractivity contribution >= 4 is 35.1 Å². The third kappa shape index (κ3) is 0.754. The van der Waals surface area contributed by atoms with Gasteiger partial charge in [0.2, 0.25) is 0 Å². The van der Waals surface area contributed by atoms with Crippen LogP contribution in [0.4, 0.5) is 0 Å². The zero-order valence-corrected chi connectivity index (χ0v) is 6.80. The van der Waals surface area contributed by atoms with E-state index in [0.29, 0.717) is 0 Å². The minimum Gasteiger partial charge on any atom is -0.393 e. The highest BCUT2D eigenvalue weighted by atomic mass is 35.5. The molecule has 4 atom stereocenters. The van der Waals surface area contributed by atoms with E-state index in [4.69, 9.17) is 23.2 Å². The van der Waals surface area contributed by atoms with E-state index in [1.165, 1.54) is 0 Å². The molecule has 2 fully saturated rings. The van der Waals surface area contributed by atoms with Crippen molar-refractivity contribution in [1.29, 1.82) is 0 Å². The van der Waals surface area contributed by atoms with Gasteiger partial charge in [0.25, 0.3) is 0 Å². The Labute approximate surface area is 72.6 Å². The Morgan fingerprint density at radius 3 is 1.73 bits per heavy atom. The molecule has 0 aromatic rings. The highest BCUT2D eigenvalue weighted by Gasteiger charge is 2.62. The molecule has 0 aromatic heterocycles. The van der Waals surface area contributed by atoms with Gasteiger partial charge in [-0.15, -0.1) is 23.2 Å². The molecule has 0 unspecified atom stereocenters. The maximum atomic E-state index is 10.8. The van der Waals surface area contributed by atoms with Crippen LogP contribution in [-0.2, 0) is 14.3 Å². The number of rotatable bonds is 0. The van der Waals surface area contributed by atoms with Crippen molar-refractivity contribution in [2.24, 2.45) is 11.8 Å². The summed E-state index contributed by atoms with van der Waals surface area (Å²) in [4.78, 5) is 21.6. The lowest BCUT2D eigenvalue weighted by atomic mass is 9.74. The minimum atomic E-state index is -0.531. The predicted octanol–water partition coefficient (Wildman–Crippen LogP) is 0.531. The van der Waals surface area contributed by atoms with Crippen molar-refractivity contribution in [3.8, 4) is 0 Å². The van der Waals surface area contributed by atoms with Crippen LogP contribution in [0.5, 0.6) is 0 Å². The smallest absolute Gasteiger partial charge is 0.319 e. The van der Waals surface area contributed by atoms with E-state index < -0.39 is 34.5 Å². The van der Waals surface area contributed by atoms with Crippen molar-refractivity contribution < 1.29 is 14.3 Å². The molecule has 1 saturated heterocycles. The van der Waals surface area contributed by atoms with Crippen LogP contribution in [0.2, 0.25) is 0 Å². The average Bonchev–Trinajstić information content (AvgIpc) is 2.21. The molecule has 2 aliphatic rings. The lowest BCUT2D eigenvalue weighted by molar-refractivity contribution is -0.153. The second-order valence-corrected chi connectivity index (χ2v) is 3.69. The van der Waals surface area contributed by atoms with Gasteiger partial charge in [-0.25, -0.2) is 0 Å². The SMILES string of the molecule is O=C1OC(=O)[C@H]2[C@H](Cl)[C@@H](Cl)[C@@H]12. The zero-order valence-electron chi connectivity index (χ0n) is 5.29. The quantitative estimate of drug-likeness (QED) is 0.321. The fourth-order valence-electron chi connectivity index (χ4n) is 1.44. The first kappa shape index (κ1) is 7.37. The molecule has 5 heteroatoms. The molecule has 0 aromatic carbocycles. The number of ether oxygens (including phenoxy) is 1. The summed E-state index contributed by atoms with van der Waals surface area (Å²) in [5.74, 6) is -2.05.